The Hall–Kier alpha value is -1.41. The van der Waals surface area contributed by atoms with Gasteiger partial charge in [-0.15, -0.1) is 13.2 Å². The third-order valence-corrected chi connectivity index (χ3v) is 7.48. The van der Waals surface area contributed by atoms with Gasteiger partial charge < -0.3 is 9.31 Å². The zero-order valence-corrected chi connectivity index (χ0v) is 18.5. The molecule has 28 heavy (non-hydrogen) atoms. The standard InChI is InChI=1S/C21H32BNO4S/c1-8-10-16-23(28(24,25)18-14-12-17(3)13-15-18)19(11-9-2)22-26-20(4,5)21(6,7)27-22/h8-9,12-15,19H,1-2,10-11,16H2,3-7H3. The second-order valence-corrected chi connectivity index (χ2v) is 10.1. The van der Waals surface area contributed by atoms with E-state index in [1.807, 2.05) is 34.6 Å². The first kappa shape index (κ1) is 22.9. The number of aryl methyl sites for hydroxylation is 1. The molecule has 154 valence electrons. The summed E-state index contributed by atoms with van der Waals surface area (Å²) < 4.78 is 40.8. The van der Waals surface area contributed by atoms with Gasteiger partial charge in [-0.1, -0.05) is 29.8 Å². The van der Waals surface area contributed by atoms with Crippen molar-refractivity contribution in [3.05, 3.63) is 55.1 Å². The zero-order chi connectivity index (χ0) is 21.2. The van der Waals surface area contributed by atoms with Crippen molar-refractivity contribution in [3.8, 4) is 0 Å². The Kier molecular flexibility index (Phi) is 6.97. The summed E-state index contributed by atoms with van der Waals surface area (Å²) in [6.07, 6.45) is 4.37. The quantitative estimate of drug-likeness (QED) is 0.458. The topological polar surface area (TPSA) is 55.8 Å². The van der Waals surface area contributed by atoms with Crippen molar-refractivity contribution in [2.45, 2.75) is 69.5 Å². The third-order valence-electron chi connectivity index (χ3n) is 5.54. The number of benzene rings is 1. The fraction of sp³-hybridized carbons (Fsp3) is 0.524. The van der Waals surface area contributed by atoms with Gasteiger partial charge in [0.15, 0.2) is 0 Å². The van der Waals surface area contributed by atoms with Gasteiger partial charge in [-0.3, -0.25) is 0 Å². The molecule has 0 N–H and O–H groups in total. The average molecular weight is 405 g/mol. The van der Waals surface area contributed by atoms with Crippen LogP contribution in [0.3, 0.4) is 0 Å². The predicted molar refractivity (Wildman–Crippen MR) is 115 cm³/mol. The van der Waals surface area contributed by atoms with Gasteiger partial charge in [-0.25, -0.2) is 8.42 Å². The minimum atomic E-state index is -3.75. The number of sulfonamides is 1. The van der Waals surface area contributed by atoms with Gasteiger partial charge in [-0.05, 0) is 59.6 Å². The molecule has 1 unspecified atom stereocenters. The van der Waals surface area contributed by atoms with Gasteiger partial charge >= 0.3 is 7.12 Å². The Morgan fingerprint density at radius 1 is 1.07 bits per heavy atom. The van der Waals surface area contributed by atoms with Crippen molar-refractivity contribution in [3.63, 3.8) is 0 Å². The minimum Gasteiger partial charge on any atom is -0.402 e. The molecule has 0 saturated carbocycles. The molecule has 1 aliphatic rings. The van der Waals surface area contributed by atoms with Crippen LogP contribution in [0.25, 0.3) is 0 Å². The van der Waals surface area contributed by atoms with Gasteiger partial charge in [0.2, 0.25) is 10.0 Å². The molecular formula is C21H32BNO4S. The van der Waals surface area contributed by atoms with Crippen LogP contribution in [0.4, 0.5) is 0 Å². The molecule has 1 fully saturated rings. The lowest BCUT2D eigenvalue weighted by molar-refractivity contribution is 0.00578. The summed E-state index contributed by atoms with van der Waals surface area (Å²) in [6.45, 7) is 17.6. The average Bonchev–Trinajstić information content (AvgIpc) is 2.82. The maximum Gasteiger partial charge on any atom is 0.477 e. The maximum absolute atomic E-state index is 13.5. The van der Waals surface area contributed by atoms with Crippen LogP contribution in [0.5, 0.6) is 0 Å². The normalized spacial score (nSPS) is 19.6. The summed E-state index contributed by atoms with van der Waals surface area (Å²) in [5, 5.41) is 0. The van der Waals surface area contributed by atoms with Crippen molar-refractivity contribution >= 4 is 17.1 Å². The molecule has 5 nitrogen and oxygen atoms in total. The summed E-state index contributed by atoms with van der Waals surface area (Å²) >= 11 is 0. The lowest BCUT2D eigenvalue weighted by Gasteiger charge is -2.32. The Morgan fingerprint density at radius 3 is 2.07 bits per heavy atom. The van der Waals surface area contributed by atoms with E-state index in [2.05, 4.69) is 13.2 Å². The Bertz CT molecular complexity index is 786. The fourth-order valence-electron chi connectivity index (χ4n) is 3.11. The lowest BCUT2D eigenvalue weighted by atomic mass is 9.76. The Balaban J connectivity index is 2.46. The first-order valence-corrected chi connectivity index (χ1v) is 11.1. The summed E-state index contributed by atoms with van der Waals surface area (Å²) in [6, 6.07) is 6.88. The highest BCUT2D eigenvalue weighted by Gasteiger charge is 2.55. The number of hydrogen-bond donors (Lipinski definition) is 0. The van der Waals surface area contributed by atoms with Crippen molar-refractivity contribution in [2.75, 3.05) is 6.54 Å². The van der Waals surface area contributed by atoms with E-state index < -0.39 is 34.3 Å². The largest absolute Gasteiger partial charge is 0.477 e. The SMILES string of the molecule is C=CCCN(C(CC=C)B1OC(C)(C)C(C)(C)O1)S(=O)(=O)c1ccc(C)cc1. The molecule has 2 rings (SSSR count). The van der Waals surface area contributed by atoms with Crippen molar-refractivity contribution in [2.24, 2.45) is 0 Å². The van der Waals surface area contributed by atoms with E-state index in [0.717, 1.165) is 5.56 Å². The van der Waals surface area contributed by atoms with Gasteiger partial charge in [-0.2, -0.15) is 4.31 Å². The van der Waals surface area contributed by atoms with Crippen LogP contribution in [0.15, 0.2) is 54.5 Å². The van der Waals surface area contributed by atoms with E-state index in [1.165, 1.54) is 4.31 Å². The fourth-order valence-corrected chi connectivity index (χ4v) is 4.75. The van der Waals surface area contributed by atoms with Crippen LogP contribution in [0.2, 0.25) is 0 Å². The van der Waals surface area contributed by atoms with Crippen molar-refractivity contribution < 1.29 is 17.7 Å². The Morgan fingerprint density at radius 2 is 1.61 bits per heavy atom. The number of rotatable bonds is 9. The summed E-state index contributed by atoms with van der Waals surface area (Å²) in [5.74, 6) is -0.523. The molecule has 1 saturated heterocycles. The number of nitrogens with zero attached hydrogens (tertiary/aromatic N) is 1. The molecule has 0 aromatic heterocycles. The first-order valence-electron chi connectivity index (χ1n) is 9.62. The monoisotopic (exact) mass is 405 g/mol. The molecule has 1 heterocycles. The number of hydrogen-bond acceptors (Lipinski definition) is 4. The molecule has 1 aromatic carbocycles. The molecule has 7 heteroatoms. The van der Waals surface area contributed by atoms with Gasteiger partial charge in [0, 0.05) is 6.54 Å². The van der Waals surface area contributed by atoms with E-state index in [0.29, 0.717) is 19.4 Å². The van der Waals surface area contributed by atoms with Crippen LogP contribution in [-0.2, 0) is 19.3 Å². The highest BCUT2D eigenvalue weighted by atomic mass is 32.2. The van der Waals surface area contributed by atoms with Gasteiger partial charge in [0.05, 0.1) is 22.0 Å². The molecule has 0 bridgehead atoms. The van der Waals surface area contributed by atoms with Crippen LogP contribution in [0, 0.1) is 6.92 Å². The van der Waals surface area contributed by atoms with Crippen LogP contribution in [-0.4, -0.2) is 43.5 Å². The van der Waals surface area contributed by atoms with Crippen molar-refractivity contribution in [1.29, 1.82) is 0 Å². The van der Waals surface area contributed by atoms with E-state index >= 15 is 0 Å². The highest BCUT2D eigenvalue weighted by molar-refractivity contribution is 7.89. The summed E-state index contributed by atoms with van der Waals surface area (Å²) in [5.41, 5.74) is -0.0888. The molecule has 0 spiro atoms. The van der Waals surface area contributed by atoms with E-state index in [1.54, 1.807) is 36.4 Å². The minimum absolute atomic E-state index is 0.257. The van der Waals surface area contributed by atoms with E-state index in [4.69, 9.17) is 9.31 Å². The maximum atomic E-state index is 13.5. The molecule has 1 aromatic rings. The van der Waals surface area contributed by atoms with Crippen LogP contribution >= 0.6 is 0 Å². The third kappa shape index (κ3) is 4.59. The molecule has 0 amide bonds. The highest BCUT2D eigenvalue weighted by Crippen LogP contribution is 2.39. The smallest absolute Gasteiger partial charge is 0.402 e. The second kappa shape index (κ2) is 8.53. The van der Waals surface area contributed by atoms with Gasteiger partial charge in [0.25, 0.3) is 0 Å². The summed E-state index contributed by atoms with van der Waals surface area (Å²) in [4.78, 5) is 0.257. The molecule has 1 aliphatic heterocycles. The molecule has 1 atom stereocenters. The lowest BCUT2D eigenvalue weighted by Crippen LogP contribution is -2.51. The van der Waals surface area contributed by atoms with E-state index in [-0.39, 0.29) is 4.90 Å². The molecule has 0 radical (unpaired) electrons. The first-order chi connectivity index (χ1) is 13.0. The van der Waals surface area contributed by atoms with Crippen LogP contribution in [0.1, 0.15) is 46.1 Å². The van der Waals surface area contributed by atoms with E-state index in [9.17, 15) is 8.42 Å². The molecular weight excluding hydrogens is 373 g/mol. The van der Waals surface area contributed by atoms with Crippen molar-refractivity contribution in [1.82, 2.24) is 4.31 Å². The molecule has 0 aliphatic carbocycles. The van der Waals surface area contributed by atoms with Gasteiger partial charge in [0.1, 0.15) is 0 Å². The summed E-state index contributed by atoms with van der Waals surface area (Å²) in [7, 11) is -4.43. The second-order valence-electron chi connectivity index (χ2n) is 8.22. The zero-order valence-electron chi connectivity index (χ0n) is 17.6. The van der Waals surface area contributed by atoms with Crippen LogP contribution < -0.4 is 0 Å². The predicted octanol–water partition coefficient (Wildman–Crippen LogP) is 4.14. The Labute approximate surface area is 170 Å².